The SMILES string of the molecule is CCC(NC(=O)c1nn(-c2ccccc2F)c(C)cc1=O)c1ncc(-c2ccccc2)[nH]1. The van der Waals surface area contributed by atoms with Crippen LogP contribution in [0.25, 0.3) is 16.9 Å². The average Bonchev–Trinajstić information content (AvgIpc) is 3.29. The van der Waals surface area contributed by atoms with Crippen LogP contribution in [0.5, 0.6) is 0 Å². The molecule has 2 aromatic heterocycles. The van der Waals surface area contributed by atoms with Crippen LogP contribution in [0.15, 0.2) is 71.7 Å². The number of hydrogen-bond acceptors (Lipinski definition) is 4. The van der Waals surface area contributed by atoms with E-state index in [-0.39, 0.29) is 11.4 Å². The van der Waals surface area contributed by atoms with Gasteiger partial charge in [-0.05, 0) is 31.0 Å². The second-order valence-corrected chi connectivity index (χ2v) is 7.34. The Kier molecular flexibility index (Phi) is 5.93. The number of rotatable bonds is 6. The van der Waals surface area contributed by atoms with Crippen molar-refractivity contribution in [1.29, 1.82) is 0 Å². The van der Waals surface area contributed by atoms with Crippen LogP contribution in [0.4, 0.5) is 4.39 Å². The second-order valence-electron chi connectivity index (χ2n) is 7.34. The third kappa shape index (κ3) is 4.20. The number of hydrogen-bond donors (Lipinski definition) is 2. The van der Waals surface area contributed by atoms with E-state index in [9.17, 15) is 14.0 Å². The molecule has 4 aromatic rings. The van der Waals surface area contributed by atoms with Gasteiger partial charge in [-0.1, -0.05) is 49.4 Å². The molecule has 0 saturated heterocycles. The van der Waals surface area contributed by atoms with Gasteiger partial charge in [0.15, 0.2) is 5.69 Å². The highest BCUT2D eigenvalue weighted by atomic mass is 19.1. The molecule has 2 heterocycles. The van der Waals surface area contributed by atoms with Gasteiger partial charge in [-0.25, -0.2) is 14.1 Å². The molecule has 7 nitrogen and oxygen atoms in total. The number of imidazole rings is 1. The summed E-state index contributed by atoms with van der Waals surface area (Å²) in [6, 6.07) is 16.6. The van der Waals surface area contributed by atoms with E-state index in [0.717, 1.165) is 11.3 Å². The first-order chi connectivity index (χ1) is 15.5. The van der Waals surface area contributed by atoms with Gasteiger partial charge < -0.3 is 10.3 Å². The molecular formula is C24H22FN5O2. The number of nitrogens with one attached hydrogen (secondary N) is 2. The van der Waals surface area contributed by atoms with E-state index in [1.54, 1.807) is 25.3 Å². The first kappa shape index (κ1) is 21.2. The maximum absolute atomic E-state index is 14.3. The number of H-pyrrole nitrogens is 1. The molecule has 2 aromatic carbocycles. The smallest absolute Gasteiger partial charge is 0.276 e. The zero-order valence-corrected chi connectivity index (χ0v) is 17.7. The van der Waals surface area contributed by atoms with Crippen molar-refractivity contribution < 1.29 is 9.18 Å². The quantitative estimate of drug-likeness (QED) is 0.483. The zero-order chi connectivity index (χ0) is 22.7. The predicted octanol–water partition coefficient (Wildman–Crippen LogP) is 3.95. The van der Waals surface area contributed by atoms with Crippen molar-refractivity contribution >= 4 is 5.91 Å². The molecule has 162 valence electrons. The largest absolute Gasteiger partial charge is 0.341 e. The van der Waals surface area contributed by atoms with Crippen molar-refractivity contribution in [2.45, 2.75) is 26.3 Å². The van der Waals surface area contributed by atoms with Crippen molar-refractivity contribution in [3.8, 4) is 16.9 Å². The predicted molar refractivity (Wildman–Crippen MR) is 119 cm³/mol. The minimum Gasteiger partial charge on any atom is -0.341 e. The lowest BCUT2D eigenvalue weighted by molar-refractivity contribution is 0.0925. The van der Waals surface area contributed by atoms with Crippen molar-refractivity contribution in [3.63, 3.8) is 0 Å². The van der Waals surface area contributed by atoms with Crippen molar-refractivity contribution in [2.75, 3.05) is 0 Å². The fourth-order valence-electron chi connectivity index (χ4n) is 3.44. The standard InChI is InChI=1S/C24H22FN5O2/c1-3-18(23-26-14-19(27-23)16-9-5-4-6-10-16)28-24(32)22-21(31)13-15(2)30(29-22)20-12-8-7-11-17(20)25/h4-14,18H,3H2,1-2H3,(H,26,27)(H,28,32). The molecule has 1 amide bonds. The van der Waals surface area contributed by atoms with Crippen LogP contribution in [-0.4, -0.2) is 25.7 Å². The lowest BCUT2D eigenvalue weighted by Crippen LogP contribution is -2.34. The molecule has 2 N–H and O–H groups in total. The minimum absolute atomic E-state index is 0.157. The van der Waals surface area contributed by atoms with Crippen LogP contribution in [0.2, 0.25) is 0 Å². The number of amides is 1. The number of halogens is 1. The van der Waals surface area contributed by atoms with Crippen LogP contribution < -0.4 is 10.7 Å². The van der Waals surface area contributed by atoms with Gasteiger partial charge in [0.05, 0.1) is 17.9 Å². The summed E-state index contributed by atoms with van der Waals surface area (Å²) in [7, 11) is 0. The Morgan fingerprint density at radius 3 is 2.59 bits per heavy atom. The highest BCUT2D eigenvalue weighted by molar-refractivity contribution is 5.92. The summed E-state index contributed by atoms with van der Waals surface area (Å²) in [5.41, 5.74) is 1.52. The van der Waals surface area contributed by atoms with Gasteiger partial charge in [-0.15, -0.1) is 0 Å². The van der Waals surface area contributed by atoms with E-state index < -0.39 is 23.2 Å². The molecule has 0 saturated carbocycles. The van der Waals surface area contributed by atoms with Gasteiger partial charge in [-0.2, -0.15) is 5.10 Å². The van der Waals surface area contributed by atoms with Gasteiger partial charge in [0.1, 0.15) is 17.3 Å². The Bertz CT molecular complexity index is 1310. The molecule has 4 rings (SSSR count). The molecule has 1 unspecified atom stereocenters. The second kappa shape index (κ2) is 8.97. The summed E-state index contributed by atoms with van der Waals surface area (Å²) >= 11 is 0. The lowest BCUT2D eigenvalue weighted by Gasteiger charge is -2.16. The third-order valence-electron chi connectivity index (χ3n) is 5.13. The summed E-state index contributed by atoms with van der Waals surface area (Å²) in [4.78, 5) is 33.1. The Labute approximate surface area is 184 Å². The molecule has 0 aliphatic heterocycles. The Hall–Kier alpha value is -4.07. The molecule has 1 atom stereocenters. The van der Waals surface area contributed by atoms with Crippen LogP contribution >= 0.6 is 0 Å². The van der Waals surface area contributed by atoms with Gasteiger partial charge in [-0.3, -0.25) is 9.59 Å². The number of carbonyl (C=O) groups excluding carboxylic acids is 1. The average molecular weight is 431 g/mol. The third-order valence-corrected chi connectivity index (χ3v) is 5.13. The number of nitrogens with zero attached hydrogens (tertiary/aromatic N) is 3. The first-order valence-electron chi connectivity index (χ1n) is 10.2. The number of carbonyl (C=O) groups is 1. The topological polar surface area (TPSA) is 92.7 Å². The molecule has 0 aliphatic rings. The maximum Gasteiger partial charge on any atom is 0.276 e. The van der Waals surface area contributed by atoms with Crippen molar-refractivity contribution in [1.82, 2.24) is 25.1 Å². The van der Waals surface area contributed by atoms with Gasteiger partial charge in [0, 0.05) is 11.8 Å². The summed E-state index contributed by atoms with van der Waals surface area (Å²) in [5.74, 6) is -0.584. The van der Waals surface area contributed by atoms with Crippen LogP contribution in [-0.2, 0) is 0 Å². The molecule has 0 bridgehead atoms. The Morgan fingerprint density at radius 2 is 1.88 bits per heavy atom. The van der Waals surface area contributed by atoms with Gasteiger partial charge in [0.25, 0.3) is 5.91 Å². The van der Waals surface area contributed by atoms with E-state index in [4.69, 9.17) is 0 Å². The maximum atomic E-state index is 14.3. The fraction of sp³-hybridized carbons (Fsp3) is 0.167. The number of aryl methyl sites for hydroxylation is 1. The molecule has 0 fully saturated rings. The van der Waals surface area contributed by atoms with Gasteiger partial charge in [0.2, 0.25) is 5.43 Å². The summed E-state index contributed by atoms with van der Waals surface area (Å²) in [6.45, 7) is 3.53. The molecule has 32 heavy (non-hydrogen) atoms. The monoisotopic (exact) mass is 431 g/mol. The lowest BCUT2D eigenvalue weighted by atomic mass is 10.2. The number of para-hydroxylation sites is 1. The first-order valence-corrected chi connectivity index (χ1v) is 10.2. The van der Waals surface area contributed by atoms with Crippen LogP contribution in [0.3, 0.4) is 0 Å². The Balaban J connectivity index is 1.62. The number of benzene rings is 2. The van der Waals surface area contributed by atoms with E-state index in [1.807, 2.05) is 37.3 Å². The highest BCUT2D eigenvalue weighted by Gasteiger charge is 2.22. The molecular weight excluding hydrogens is 409 g/mol. The van der Waals surface area contributed by atoms with E-state index >= 15 is 0 Å². The highest BCUT2D eigenvalue weighted by Crippen LogP contribution is 2.21. The van der Waals surface area contributed by atoms with E-state index in [0.29, 0.717) is 17.9 Å². The zero-order valence-electron chi connectivity index (χ0n) is 17.7. The number of aromatic amines is 1. The molecule has 0 spiro atoms. The van der Waals surface area contributed by atoms with Crippen molar-refractivity contribution in [3.05, 3.63) is 100 Å². The van der Waals surface area contributed by atoms with Crippen LogP contribution in [0.1, 0.15) is 41.4 Å². The minimum atomic E-state index is -0.649. The van der Waals surface area contributed by atoms with Crippen molar-refractivity contribution in [2.24, 2.45) is 0 Å². The Morgan fingerprint density at radius 1 is 1.16 bits per heavy atom. The normalized spacial score (nSPS) is 11.8. The summed E-state index contributed by atoms with van der Waals surface area (Å²) in [5, 5.41) is 6.97. The summed E-state index contributed by atoms with van der Waals surface area (Å²) < 4.78 is 15.5. The molecule has 0 aliphatic carbocycles. The number of aromatic nitrogens is 4. The molecule has 0 radical (unpaired) electrons. The fourth-order valence-corrected chi connectivity index (χ4v) is 3.44. The molecule has 8 heteroatoms. The van der Waals surface area contributed by atoms with E-state index in [1.165, 1.54) is 22.9 Å². The summed E-state index contributed by atoms with van der Waals surface area (Å²) in [6.07, 6.45) is 2.25. The van der Waals surface area contributed by atoms with Gasteiger partial charge >= 0.3 is 0 Å². The van der Waals surface area contributed by atoms with Crippen LogP contribution in [0, 0.1) is 12.7 Å². The van der Waals surface area contributed by atoms with E-state index in [2.05, 4.69) is 20.4 Å².